The summed E-state index contributed by atoms with van der Waals surface area (Å²) in [5.41, 5.74) is 8.93. The lowest BCUT2D eigenvalue weighted by atomic mass is 9.89. The highest BCUT2D eigenvalue weighted by Crippen LogP contribution is 2.42. The van der Waals surface area contributed by atoms with Crippen molar-refractivity contribution < 1.29 is 9.21 Å². The smallest absolute Gasteiger partial charge is 0.209 e. The zero-order valence-corrected chi connectivity index (χ0v) is 26.8. The molecule has 5 nitrogen and oxygen atoms in total. The highest BCUT2D eigenvalue weighted by atomic mass is 16.3. The second-order valence-electron chi connectivity index (χ2n) is 12.4. The molecule has 0 amide bonds. The summed E-state index contributed by atoms with van der Waals surface area (Å²) in [4.78, 5) is 16.7. The Labute approximate surface area is 271 Å². The quantitative estimate of drug-likeness (QED) is 0.135. The largest absolute Gasteiger partial charge is 0.456 e. The predicted octanol–water partition coefficient (Wildman–Crippen LogP) is 8.51. The van der Waals surface area contributed by atoms with E-state index in [1.807, 2.05) is 12.1 Å². The summed E-state index contributed by atoms with van der Waals surface area (Å²) in [6, 6.07) is 42.7. The van der Waals surface area contributed by atoms with Crippen LogP contribution in [-0.4, -0.2) is 37.9 Å². The summed E-state index contributed by atoms with van der Waals surface area (Å²) < 4.78 is 8.98. The highest BCUT2D eigenvalue weighted by Gasteiger charge is 2.25. The molecular formula is C41H40N3O2+. The van der Waals surface area contributed by atoms with E-state index in [0.717, 1.165) is 77.2 Å². The molecule has 0 unspecified atom stereocenters. The van der Waals surface area contributed by atoms with Crippen molar-refractivity contribution in [1.82, 2.24) is 9.48 Å². The van der Waals surface area contributed by atoms with Crippen LogP contribution in [0.3, 0.4) is 0 Å². The first kappa shape index (κ1) is 29.7. The molecule has 0 spiro atoms. The number of para-hydroxylation sites is 2. The van der Waals surface area contributed by atoms with Gasteiger partial charge in [-0.3, -0.25) is 9.69 Å². The zero-order chi connectivity index (χ0) is 31.6. The van der Waals surface area contributed by atoms with Crippen molar-refractivity contribution >= 4 is 33.8 Å². The number of anilines is 2. The molecule has 1 fully saturated rings. The van der Waals surface area contributed by atoms with E-state index in [1.54, 1.807) is 6.92 Å². The van der Waals surface area contributed by atoms with E-state index in [-0.39, 0.29) is 5.92 Å². The second kappa shape index (κ2) is 12.8. The van der Waals surface area contributed by atoms with Gasteiger partial charge in [0, 0.05) is 71.7 Å². The van der Waals surface area contributed by atoms with Gasteiger partial charge in [0.1, 0.15) is 24.2 Å². The minimum Gasteiger partial charge on any atom is -0.456 e. The minimum absolute atomic E-state index is 0.196. The van der Waals surface area contributed by atoms with Crippen LogP contribution in [0.4, 0.5) is 17.1 Å². The molecule has 5 heteroatoms. The second-order valence-corrected chi connectivity index (χ2v) is 12.4. The van der Waals surface area contributed by atoms with E-state index < -0.39 is 0 Å². The van der Waals surface area contributed by atoms with Gasteiger partial charge in [0.2, 0.25) is 11.0 Å². The Hall–Kier alpha value is -5.00. The first-order valence-corrected chi connectivity index (χ1v) is 16.2. The Morgan fingerprint density at radius 2 is 1.50 bits per heavy atom. The van der Waals surface area contributed by atoms with E-state index in [2.05, 4.69) is 138 Å². The first-order chi connectivity index (χ1) is 22.5. The van der Waals surface area contributed by atoms with Gasteiger partial charge in [0.15, 0.2) is 0 Å². The third-order valence-electron chi connectivity index (χ3n) is 9.59. The maximum atomic E-state index is 12.0. The lowest BCUT2D eigenvalue weighted by molar-refractivity contribution is -0.122. The monoisotopic (exact) mass is 606 g/mol. The van der Waals surface area contributed by atoms with Crippen molar-refractivity contribution in [2.24, 2.45) is 5.92 Å². The topological polar surface area (TPSA) is 39.7 Å². The number of Topliss-reactive ketones (excluding diaryl/α,β-unsaturated/α-hetero) is 1. The van der Waals surface area contributed by atoms with E-state index >= 15 is 0 Å². The van der Waals surface area contributed by atoms with Crippen LogP contribution in [0.5, 0.6) is 0 Å². The Bertz CT molecular complexity index is 2040. The van der Waals surface area contributed by atoms with Gasteiger partial charge in [0.25, 0.3) is 0 Å². The molecule has 7 rings (SSSR count). The van der Waals surface area contributed by atoms with Gasteiger partial charge < -0.3 is 9.32 Å². The standard InChI is InChI=1S/C41H40N3O2/c1-29(45)30-22-24-44(25-23-30)28-31-12-10-11-17-36(31)41-37-20-18-34(42(2)32-13-6-4-7-14-32)26-39(37)46-40-27-35(19-21-38(40)41)43(3)33-15-8-5-9-16-33/h4-21,26-27,30H,22-25,28H2,1-3H3/q+1. The van der Waals surface area contributed by atoms with Crippen LogP contribution in [-0.2, 0) is 11.3 Å². The van der Waals surface area contributed by atoms with Gasteiger partial charge in [-0.05, 0) is 74.3 Å². The van der Waals surface area contributed by atoms with Gasteiger partial charge in [-0.15, -0.1) is 0 Å². The number of fused-ring (bicyclic) bond motifs is 2. The molecule has 2 heterocycles. The van der Waals surface area contributed by atoms with Gasteiger partial charge in [0.05, 0.1) is 6.07 Å². The van der Waals surface area contributed by atoms with Crippen LogP contribution in [0.15, 0.2) is 126 Å². The van der Waals surface area contributed by atoms with E-state index in [1.165, 1.54) is 16.7 Å². The number of hydrogen-bond donors (Lipinski definition) is 0. The lowest BCUT2D eigenvalue weighted by Crippen LogP contribution is -2.35. The molecule has 4 aromatic rings. The summed E-state index contributed by atoms with van der Waals surface area (Å²) in [6.07, 6.45) is 1.87. The SMILES string of the molecule is CC(=O)C1CCN(Cc2ccccc2-c2c3ccc(=[N+](C)c4ccccc4)cc-3oc3cc(N(C)c4ccccc4)ccc23)CC1. The number of rotatable bonds is 7. The van der Waals surface area contributed by atoms with Crippen LogP contribution >= 0.6 is 0 Å². The summed E-state index contributed by atoms with van der Waals surface area (Å²) in [5, 5.41) is 2.15. The van der Waals surface area contributed by atoms with Crippen LogP contribution in [0.1, 0.15) is 25.3 Å². The summed E-state index contributed by atoms with van der Waals surface area (Å²) >= 11 is 0. The van der Waals surface area contributed by atoms with Crippen molar-refractivity contribution in [1.29, 1.82) is 0 Å². The molecule has 4 aromatic carbocycles. The van der Waals surface area contributed by atoms with Gasteiger partial charge in [-0.2, -0.15) is 4.58 Å². The Morgan fingerprint density at radius 3 is 2.24 bits per heavy atom. The number of benzene rings is 5. The molecule has 2 aliphatic heterocycles. The average molecular weight is 607 g/mol. The number of likely N-dealkylation sites (tertiary alicyclic amines) is 1. The predicted molar refractivity (Wildman–Crippen MR) is 189 cm³/mol. The number of hydrogen-bond acceptors (Lipinski definition) is 4. The maximum absolute atomic E-state index is 12.0. The van der Waals surface area contributed by atoms with E-state index in [0.29, 0.717) is 5.78 Å². The van der Waals surface area contributed by atoms with E-state index in [9.17, 15) is 4.79 Å². The number of carbonyl (C=O) groups is 1. The molecule has 1 saturated heterocycles. The van der Waals surface area contributed by atoms with Gasteiger partial charge >= 0.3 is 0 Å². The number of nitrogens with zero attached hydrogens (tertiary/aromatic N) is 3. The van der Waals surface area contributed by atoms with Crippen LogP contribution in [0.25, 0.3) is 33.4 Å². The Morgan fingerprint density at radius 1 is 0.804 bits per heavy atom. The highest BCUT2D eigenvalue weighted by molar-refractivity contribution is 6.03. The fourth-order valence-corrected chi connectivity index (χ4v) is 6.82. The van der Waals surface area contributed by atoms with Crippen molar-refractivity contribution in [2.45, 2.75) is 26.3 Å². The molecule has 0 saturated carbocycles. The molecule has 1 aliphatic carbocycles. The van der Waals surface area contributed by atoms with E-state index in [4.69, 9.17) is 4.42 Å². The molecule has 0 bridgehead atoms. The molecule has 0 aromatic heterocycles. The summed E-state index contributed by atoms with van der Waals surface area (Å²) in [5.74, 6) is 1.36. The van der Waals surface area contributed by atoms with Gasteiger partial charge in [-0.25, -0.2) is 0 Å². The molecule has 3 aliphatic rings. The van der Waals surface area contributed by atoms with Crippen LogP contribution < -0.4 is 14.8 Å². The fraction of sp³-hybridized carbons (Fsp3) is 0.220. The molecular weight excluding hydrogens is 566 g/mol. The lowest BCUT2D eigenvalue weighted by Gasteiger charge is -2.31. The summed E-state index contributed by atoms with van der Waals surface area (Å²) in [6.45, 7) is 4.46. The van der Waals surface area contributed by atoms with Crippen molar-refractivity contribution in [2.75, 3.05) is 32.1 Å². The van der Waals surface area contributed by atoms with Crippen molar-refractivity contribution in [3.05, 3.63) is 132 Å². The third kappa shape index (κ3) is 5.86. The Balaban J connectivity index is 1.39. The maximum Gasteiger partial charge on any atom is 0.209 e. The first-order valence-electron chi connectivity index (χ1n) is 16.2. The van der Waals surface area contributed by atoms with Gasteiger partial charge in [-0.1, -0.05) is 60.7 Å². The summed E-state index contributed by atoms with van der Waals surface area (Å²) in [7, 11) is 4.19. The van der Waals surface area contributed by atoms with Crippen LogP contribution in [0.2, 0.25) is 0 Å². The molecule has 0 radical (unpaired) electrons. The average Bonchev–Trinajstić information content (AvgIpc) is 3.11. The zero-order valence-electron chi connectivity index (χ0n) is 26.8. The van der Waals surface area contributed by atoms with Crippen molar-refractivity contribution in [3.63, 3.8) is 0 Å². The molecule has 0 atom stereocenters. The van der Waals surface area contributed by atoms with Crippen LogP contribution in [0, 0.1) is 5.92 Å². The molecule has 0 N–H and O–H groups in total. The third-order valence-corrected chi connectivity index (χ3v) is 9.59. The number of ketones is 1. The fourth-order valence-electron chi connectivity index (χ4n) is 6.82. The van der Waals surface area contributed by atoms with Crippen molar-refractivity contribution in [3.8, 4) is 22.5 Å². The number of carbonyl (C=O) groups excluding carboxylic acids is 1. The minimum atomic E-state index is 0.196. The molecule has 46 heavy (non-hydrogen) atoms. The normalized spacial score (nSPS) is 14.8. The Kier molecular flexibility index (Phi) is 8.25. The molecule has 230 valence electrons. The number of piperidine rings is 1.